The van der Waals surface area contributed by atoms with E-state index in [0.717, 1.165) is 15.6 Å². The largest absolute Gasteiger partial charge is 0.367 e. The lowest BCUT2D eigenvalue weighted by Crippen LogP contribution is -2.42. The number of hydrogen-bond acceptors (Lipinski definition) is 2. The second-order valence-electron chi connectivity index (χ2n) is 3.93. The third kappa shape index (κ3) is 2.94. The summed E-state index contributed by atoms with van der Waals surface area (Å²) in [6, 6.07) is 7.32. The summed E-state index contributed by atoms with van der Waals surface area (Å²) in [5, 5.41) is 6.44. The molecule has 1 amide bonds. The third-order valence-electron chi connectivity index (χ3n) is 2.64. The molecule has 0 aromatic heterocycles. The fourth-order valence-electron chi connectivity index (χ4n) is 1.61. The van der Waals surface area contributed by atoms with Crippen LogP contribution in [0.4, 0.5) is 0 Å². The molecule has 1 aliphatic rings. The Labute approximate surface area is 119 Å². The maximum absolute atomic E-state index is 11.8. The van der Waals surface area contributed by atoms with E-state index in [4.69, 9.17) is 11.6 Å². The zero-order valence-electron chi connectivity index (χ0n) is 9.59. The van der Waals surface area contributed by atoms with E-state index < -0.39 is 0 Å². The van der Waals surface area contributed by atoms with Gasteiger partial charge in [-0.3, -0.25) is 4.79 Å². The van der Waals surface area contributed by atoms with Crippen molar-refractivity contribution in [3.63, 3.8) is 0 Å². The summed E-state index contributed by atoms with van der Waals surface area (Å²) >= 11 is 9.30. The van der Waals surface area contributed by atoms with Crippen molar-refractivity contribution < 1.29 is 4.79 Å². The second kappa shape index (κ2) is 5.59. The van der Waals surface area contributed by atoms with Gasteiger partial charge in [-0.15, -0.1) is 0 Å². The van der Waals surface area contributed by atoms with Gasteiger partial charge >= 0.3 is 0 Å². The van der Waals surface area contributed by atoms with Gasteiger partial charge in [0.15, 0.2) is 0 Å². The van der Waals surface area contributed by atoms with Gasteiger partial charge in [-0.2, -0.15) is 0 Å². The van der Waals surface area contributed by atoms with Crippen LogP contribution in [0.3, 0.4) is 0 Å². The van der Waals surface area contributed by atoms with Crippen molar-refractivity contribution in [3.05, 3.63) is 57.3 Å². The van der Waals surface area contributed by atoms with E-state index in [9.17, 15) is 4.79 Å². The van der Waals surface area contributed by atoms with Crippen molar-refractivity contribution >= 4 is 33.4 Å². The zero-order chi connectivity index (χ0) is 13.1. The number of halogens is 2. The molecule has 0 unspecified atom stereocenters. The van der Waals surface area contributed by atoms with E-state index >= 15 is 0 Å². The highest BCUT2D eigenvalue weighted by molar-refractivity contribution is 9.11. The van der Waals surface area contributed by atoms with Gasteiger partial charge in [0.05, 0.1) is 6.42 Å². The molecular weight excluding hydrogens is 316 g/mol. The first-order valence-corrected chi connectivity index (χ1v) is 6.60. The van der Waals surface area contributed by atoms with Crippen LogP contribution in [-0.2, 0) is 11.2 Å². The minimum absolute atomic E-state index is 0.100. The van der Waals surface area contributed by atoms with E-state index in [0.29, 0.717) is 17.4 Å². The van der Waals surface area contributed by atoms with Gasteiger partial charge in [0.1, 0.15) is 5.82 Å². The molecule has 2 N–H and O–H groups in total. The van der Waals surface area contributed by atoms with Crippen LogP contribution in [0.15, 0.2) is 46.7 Å². The summed E-state index contributed by atoms with van der Waals surface area (Å²) in [5.41, 5.74) is 1.80. The molecule has 1 aromatic carbocycles. The van der Waals surface area contributed by atoms with Crippen LogP contribution in [0.25, 0.3) is 0 Å². The molecule has 94 valence electrons. The number of hydrogen-bond donors (Lipinski definition) is 2. The maximum atomic E-state index is 11.8. The SMILES string of the molecule is C=C(Br)C1=C(NC(=O)Cc2ccccc2Cl)NC1. The van der Waals surface area contributed by atoms with Crippen LogP contribution in [0.1, 0.15) is 5.56 Å². The second-order valence-corrected chi connectivity index (χ2v) is 5.29. The predicted molar refractivity (Wildman–Crippen MR) is 76.4 cm³/mol. The lowest BCUT2D eigenvalue weighted by Gasteiger charge is -2.26. The first-order valence-electron chi connectivity index (χ1n) is 5.43. The van der Waals surface area contributed by atoms with Gasteiger partial charge in [0.25, 0.3) is 0 Å². The number of amides is 1. The third-order valence-corrected chi connectivity index (χ3v) is 3.49. The standard InChI is InChI=1S/C13H12BrClN2O/c1-8(14)10-7-16-13(10)17-12(18)6-9-4-2-3-5-11(9)15/h2-5,16H,1,6-7H2,(H,17,18). The minimum Gasteiger partial charge on any atom is -0.367 e. The Morgan fingerprint density at radius 2 is 2.22 bits per heavy atom. The van der Waals surface area contributed by atoms with Gasteiger partial charge in [-0.05, 0) is 11.6 Å². The highest BCUT2D eigenvalue weighted by atomic mass is 79.9. The molecule has 0 saturated heterocycles. The number of carbonyl (C=O) groups is 1. The van der Waals surface area contributed by atoms with Gasteiger partial charge < -0.3 is 10.6 Å². The number of rotatable bonds is 4. The highest BCUT2D eigenvalue weighted by Crippen LogP contribution is 2.22. The number of benzene rings is 1. The molecule has 1 aliphatic heterocycles. The van der Waals surface area contributed by atoms with E-state index in [1.54, 1.807) is 6.07 Å². The molecule has 18 heavy (non-hydrogen) atoms. The molecule has 0 saturated carbocycles. The van der Waals surface area contributed by atoms with Crippen LogP contribution in [-0.4, -0.2) is 12.5 Å². The maximum Gasteiger partial charge on any atom is 0.229 e. The van der Waals surface area contributed by atoms with Crippen molar-refractivity contribution in [2.24, 2.45) is 0 Å². The fourth-order valence-corrected chi connectivity index (χ4v) is 2.16. The Morgan fingerprint density at radius 3 is 2.78 bits per heavy atom. The first kappa shape index (κ1) is 13.2. The average molecular weight is 328 g/mol. The van der Waals surface area contributed by atoms with Gasteiger partial charge in [-0.25, -0.2) is 0 Å². The molecular formula is C13H12BrClN2O. The lowest BCUT2D eigenvalue weighted by atomic mass is 10.1. The summed E-state index contributed by atoms with van der Waals surface area (Å²) in [5.74, 6) is 0.616. The van der Waals surface area contributed by atoms with Crippen molar-refractivity contribution in [2.75, 3.05) is 6.54 Å². The average Bonchev–Trinajstić information content (AvgIpc) is 2.27. The zero-order valence-corrected chi connectivity index (χ0v) is 11.9. The van der Waals surface area contributed by atoms with Crippen molar-refractivity contribution in [1.82, 2.24) is 10.6 Å². The molecule has 0 bridgehead atoms. The van der Waals surface area contributed by atoms with Gasteiger partial charge in [0, 0.05) is 21.6 Å². The van der Waals surface area contributed by atoms with Gasteiger partial charge in [0.2, 0.25) is 5.91 Å². The Bertz CT molecular complexity index is 540. The molecule has 2 rings (SSSR count). The Kier molecular flexibility index (Phi) is 4.09. The van der Waals surface area contributed by atoms with Crippen molar-refractivity contribution in [3.8, 4) is 0 Å². The molecule has 1 heterocycles. The van der Waals surface area contributed by atoms with Gasteiger partial charge in [-0.1, -0.05) is 52.3 Å². The van der Waals surface area contributed by atoms with Crippen LogP contribution < -0.4 is 10.6 Å². The number of nitrogens with one attached hydrogen (secondary N) is 2. The molecule has 0 aliphatic carbocycles. The van der Waals surface area contributed by atoms with Crippen LogP contribution >= 0.6 is 27.5 Å². The van der Waals surface area contributed by atoms with E-state index in [1.165, 1.54) is 0 Å². The number of carbonyl (C=O) groups excluding carboxylic acids is 1. The molecule has 5 heteroatoms. The quantitative estimate of drug-likeness (QED) is 0.893. The van der Waals surface area contributed by atoms with Crippen LogP contribution in [0.2, 0.25) is 5.02 Å². The highest BCUT2D eigenvalue weighted by Gasteiger charge is 2.19. The monoisotopic (exact) mass is 326 g/mol. The van der Waals surface area contributed by atoms with Crippen LogP contribution in [0, 0.1) is 0 Å². The molecule has 0 radical (unpaired) electrons. The topological polar surface area (TPSA) is 41.1 Å². The first-order chi connectivity index (χ1) is 8.58. The molecule has 1 aromatic rings. The normalized spacial score (nSPS) is 13.7. The fraction of sp³-hybridized carbons (Fsp3) is 0.154. The smallest absolute Gasteiger partial charge is 0.229 e. The summed E-state index contributed by atoms with van der Waals surface area (Å²) in [7, 11) is 0. The summed E-state index contributed by atoms with van der Waals surface area (Å²) in [4.78, 5) is 11.8. The van der Waals surface area contributed by atoms with E-state index in [1.807, 2.05) is 18.2 Å². The molecule has 3 nitrogen and oxygen atoms in total. The predicted octanol–water partition coefficient (Wildman–Crippen LogP) is 2.72. The Morgan fingerprint density at radius 1 is 1.50 bits per heavy atom. The van der Waals surface area contributed by atoms with Crippen molar-refractivity contribution in [2.45, 2.75) is 6.42 Å². The van der Waals surface area contributed by atoms with E-state index in [2.05, 4.69) is 33.1 Å². The summed E-state index contributed by atoms with van der Waals surface area (Å²) < 4.78 is 0.786. The van der Waals surface area contributed by atoms with Crippen LogP contribution in [0.5, 0.6) is 0 Å². The lowest BCUT2D eigenvalue weighted by molar-refractivity contribution is -0.119. The molecule has 0 fully saturated rings. The summed E-state index contributed by atoms with van der Waals surface area (Å²) in [6.07, 6.45) is 0.257. The molecule has 0 atom stereocenters. The summed E-state index contributed by atoms with van der Waals surface area (Å²) in [6.45, 7) is 4.49. The van der Waals surface area contributed by atoms with Crippen molar-refractivity contribution in [1.29, 1.82) is 0 Å². The Balaban J connectivity index is 2.01. The Hall–Kier alpha value is -1.26. The molecule has 0 spiro atoms. The van der Waals surface area contributed by atoms with E-state index in [-0.39, 0.29) is 12.3 Å². The minimum atomic E-state index is -0.100.